The number of aliphatic imine (C=N–C) groups is 1. The maximum atomic E-state index is 5.67. The first kappa shape index (κ1) is 21.2. The fourth-order valence-corrected chi connectivity index (χ4v) is 3.12. The lowest BCUT2D eigenvalue weighted by Crippen LogP contribution is -2.46. The van der Waals surface area contributed by atoms with E-state index in [4.69, 9.17) is 9.47 Å². The van der Waals surface area contributed by atoms with Gasteiger partial charge >= 0.3 is 0 Å². The fraction of sp³-hybridized carbons (Fsp3) is 0.944. The molecule has 1 aliphatic rings. The van der Waals surface area contributed by atoms with Crippen molar-refractivity contribution < 1.29 is 9.47 Å². The van der Waals surface area contributed by atoms with Crippen molar-refractivity contribution in [2.75, 3.05) is 67.7 Å². The molecule has 0 bridgehead atoms. The van der Waals surface area contributed by atoms with E-state index in [-0.39, 0.29) is 0 Å². The third-order valence-electron chi connectivity index (χ3n) is 4.55. The Balaban J connectivity index is 2.38. The van der Waals surface area contributed by atoms with Crippen LogP contribution in [0.5, 0.6) is 0 Å². The van der Waals surface area contributed by atoms with Crippen LogP contribution in [0.4, 0.5) is 0 Å². The number of guanidine groups is 1. The normalized spacial score (nSPS) is 20.2. The van der Waals surface area contributed by atoms with E-state index in [0.717, 1.165) is 38.6 Å². The van der Waals surface area contributed by atoms with Gasteiger partial charge in [-0.05, 0) is 32.9 Å². The molecule has 0 aliphatic carbocycles. The van der Waals surface area contributed by atoms with Gasteiger partial charge in [-0.15, -0.1) is 0 Å². The SMILES string of the molecule is CN=C(NCC(CC(C)C)N(C)C)N1CCC(COCCOC)C1. The third kappa shape index (κ3) is 7.81. The molecule has 6 nitrogen and oxygen atoms in total. The second kappa shape index (κ2) is 11.7. The second-order valence-corrected chi connectivity index (χ2v) is 7.34. The average molecular weight is 343 g/mol. The number of methoxy groups -OCH3 is 1. The standard InChI is InChI=1S/C18H38N4O2/c1-15(2)11-17(21(4)5)12-20-18(19-3)22-8-7-16(13-22)14-24-10-9-23-6/h15-17H,7-14H2,1-6H3,(H,19,20). The highest BCUT2D eigenvalue weighted by atomic mass is 16.5. The minimum atomic E-state index is 0.525. The van der Waals surface area contributed by atoms with Gasteiger partial charge in [0.2, 0.25) is 0 Å². The molecule has 1 saturated heterocycles. The number of nitrogens with one attached hydrogen (secondary N) is 1. The van der Waals surface area contributed by atoms with Crippen molar-refractivity contribution in [1.82, 2.24) is 15.1 Å². The maximum Gasteiger partial charge on any atom is 0.193 e. The Kier molecular flexibility index (Phi) is 10.3. The lowest BCUT2D eigenvalue weighted by atomic mass is 10.0. The summed E-state index contributed by atoms with van der Waals surface area (Å²) in [4.78, 5) is 9.13. The van der Waals surface area contributed by atoms with E-state index < -0.39 is 0 Å². The van der Waals surface area contributed by atoms with Crippen molar-refractivity contribution in [1.29, 1.82) is 0 Å². The molecule has 2 unspecified atom stereocenters. The summed E-state index contributed by atoms with van der Waals surface area (Å²) in [6.07, 6.45) is 2.35. The summed E-state index contributed by atoms with van der Waals surface area (Å²) >= 11 is 0. The van der Waals surface area contributed by atoms with Crippen LogP contribution in [0.3, 0.4) is 0 Å². The van der Waals surface area contributed by atoms with Crippen molar-refractivity contribution in [3.8, 4) is 0 Å². The summed E-state index contributed by atoms with van der Waals surface area (Å²) in [5.41, 5.74) is 0. The number of ether oxygens (including phenoxy) is 2. The van der Waals surface area contributed by atoms with E-state index in [9.17, 15) is 0 Å². The lowest BCUT2D eigenvalue weighted by Gasteiger charge is -2.29. The van der Waals surface area contributed by atoms with E-state index in [1.807, 2.05) is 7.05 Å². The predicted molar refractivity (Wildman–Crippen MR) is 101 cm³/mol. The fourth-order valence-electron chi connectivity index (χ4n) is 3.12. The minimum absolute atomic E-state index is 0.525. The molecule has 0 aromatic carbocycles. The third-order valence-corrected chi connectivity index (χ3v) is 4.55. The molecular weight excluding hydrogens is 304 g/mol. The number of rotatable bonds is 10. The van der Waals surface area contributed by atoms with E-state index in [0.29, 0.717) is 31.1 Å². The average Bonchev–Trinajstić information content (AvgIpc) is 2.99. The summed E-state index contributed by atoms with van der Waals surface area (Å²) in [5, 5.41) is 3.57. The molecule has 1 fully saturated rings. The summed E-state index contributed by atoms with van der Waals surface area (Å²) in [6, 6.07) is 0.525. The molecule has 0 aromatic heterocycles. The molecule has 1 rings (SSSR count). The van der Waals surface area contributed by atoms with Gasteiger partial charge in [0.1, 0.15) is 0 Å². The van der Waals surface area contributed by atoms with Crippen LogP contribution < -0.4 is 5.32 Å². The second-order valence-electron chi connectivity index (χ2n) is 7.34. The van der Waals surface area contributed by atoms with Crippen LogP contribution in [-0.2, 0) is 9.47 Å². The van der Waals surface area contributed by atoms with Crippen LogP contribution in [0.15, 0.2) is 4.99 Å². The van der Waals surface area contributed by atoms with Gasteiger partial charge in [-0.3, -0.25) is 4.99 Å². The van der Waals surface area contributed by atoms with Gasteiger partial charge < -0.3 is 24.6 Å². The Morgan fingerprint density at radius 3 is 2.67 bits per heavy atom. The minimum Gasteiger partial charge on any atom is -0.382 e. The first-order valence-electron chi connectivity index (χ1n) is 9.16. The predicted octanol–water partition coefficient (Wildman–Crippen LogP) is 1.52. The smallest absolute Gasteiger partial charge is 0.193 e. The summed E-state index contributed by atoms with van der Waals surface area (Å²) in [7, 11) is 7.88. The van der Waals surface area contributed by atoms with E-state index in [1.54, 1.807) is 7.11 Å². The number of hydrogen-bond acceptors (Lipinski definition) is 4. The molecule has 0 spiro atoms. The van der Waals surface area contributed by atoms with Gasteiger partial charge in [-0.1, -0.05) is 13.8 Å². The quantitative estimate of drug-likeness (QED) is 0.371. The molecule has 1 aliphatic heterocycles. The van der Waals surface area contributed by atoms with Crippen LogP contribution in [0.25, 0.3) is 0 Å². The molecule has 1 N–H and O–H groups in total. The molecule has 1 heterocycles. The zero-order valence-electron chi connectivity index (χ0n) is 16.5. The Bertz CT molecular complexity index is 361. The van der Waals surface area contributed by atoms with Gasteiger partial charge in [-0.2, -0.15) is 0 Å². The highest BCUT2D eigenvalue weighted by Gasteiger charge is 2.25. The summed E-state index contributed by atoms with van der Waals surface area (Å²) < 4.78 is 10.7. The molecule has 142 valence electrons. The molecule has 0 aromatic rings. The van der Waals surface area contributed by atoms with Gasteiger partial charge in [0, 0.05) is 45.8 Å². The Hall–Kier alpha value is -0.850. The molecule has 0 saturated carbocycles. The van der Waals surface area contributed by atoms with E-state index in [2.05, 4.69) is 48.1 Å². The maximum absolute atomic E-state index is 5.67. The number of hydrogen-bond donors (Lipinski definition) is 1. The van der Waals surface area contributed by atoms with Crippen LogP contribution in [-0.4, -0.2) is 89.5 Å². The Morgan fingerprint density at radius 1 is 1.33 bits per heavy atom. The van der Waals surface area contributed by atoms with Gasteiger partial charge in [0.15, 0.2) is 5.96 Å². The number of nitrogens with zero attached hydrogens (tertiary/aromatic N) is 3. The summed E-state index contributed by atoms with van der Waals surface area (Å²) in [5.74, 6) is 2.30. The molecule has 24 heavy (non-hydrogen) atoms. The van der Waals surface area contributed by atoms with E-state index >= 15 is 0 Å². The van der Waals surface area contributed by atoms with Crippen LogP contribution >= 0.6 is 0 Å². The van der Waals surface area contributed by atoms with Crippen molar-refractivity contribution in [2.45, 2.75) is 32.7 Å². The van der Waals surface area contributed by atoms with Crippen LogP contribution in [0.2, 0.25) is 0 Å². The Morgan fingerprint density at radius 2 is 2.08 bits per heavy atom. The molecule has 0 radical (unpaired) electrons. The number of likely N-dealkylation sites (N-methyl/N-ethyl adjacent to an activating group) is 1. The lowest BCUT2D eigenvalue weighted by molar-refractivity contribution is 0.0536. The number of likely N-dealkylation sites (tertiary alicyclic amines) is 1. The molecule has 2 atom stereocenters. The molecule has 6 heteroatoms. The highest BCUT2D eigenvalue weighted by Crippen LogP contribution is 2.17. The van der Waals surface area contributed by atoms with E-state index in [1.165, 1.54) is 6.42 Å². The first-order valence-corrected chi connectivity index (χ1v) is 9.16. The molecular formula is C18H38N4O2. The zero-order valence-corrected chi connectivity index (χ0v) is 16.5. The van der Waals surface area contributed by atoms with Crippen molar-refractivity contribution >= 4 is 5.96 Å². The topological polar surface area (TPSA) is 49.3 Å². The largest absolute Gasteiger partial charge is 0.382 e. The first-order chi connectivity index (χ1) is 11.5. The van der Waals surface area contributed by atoms with Crippen LogP contribution in [0, 0.1) is 11.8 Å². The zero-order chi connectivity index (χ0) is 17.9. The van der Waals surface area contributed by atoms with Gasteiger partial charge in [0.05, 0.1) is 19.8 Å². The van der Waals surface area contributed by atoms with Crippen molar-refractivity contribution in [3.05, 3.63) is 0 Å². The van der Waals surface area contributed by atoms with Gasteiger partial charge in [-0.25, -0.2) is 0 Å². The van der Waals surface area contributed by atoms with Gasteiger partial charge in [0.25, 0.3) is 0 Å². The van der Waals surface area contributed by atoms with Crippen molar-refractivity contribution in [2.24, 2.45) is 16.8 Å². The summed E-state index contributed by atoms with van der Waals surface area (Å²) in [6.45, 7) is 9.72. The highest BCUT2D eigenvalue weighted by molar-refractivity contribution is 5.80. The van der Waals surface area contributed by atoms with Crippen LogP contribution in [0.1, 0.15) is 26.7 Å². The van der Waals surface area contributed by atoms with Crippen molar-refractivity contribution in [3.63, 3.8) is 0 Å². The Labute approximate surface area is 148 Å². The monoisotopic (exact) mass is 342 g/mol. The molecule has 0 amide bonds.